The second-order valence-corrected chi connectivity index (χ2v) is 5.72. The Hall–Kier alpha value is -4.12. The van der Waals surface area contributed by atoms with Crippen molar-refractivity contribution in [3.8, 4) is 23.0 Å². The molecule has 1 aromatic carbocycles. The fourth-order valence-electron chi connectivity index (χ4n) is 2.49. The van der Waals surface area contributed by atoms with E-state index in [0.29, 0.717) is 11.6 Å². The first-order chi connectivity index (χ1) is 13.2. The van der Waals surface area contributed by atoms with Crippen LogP contribution >= 0.6 is 0 Å². The van der Waals surface area contributed by atoms with Crippen LogP contribution in [0, 0.1) is 18.3 Å². The van der Waals surface area contributed by atoms with Crippen LogP contribution < -0.4 is 5.32 Å². The quantitative estimate of drug-likeness (QED) is 0.600. The Morgan fingerprint density at radius 2 is 1.85 bits per heavy atom. The Labute approximate surface area is 155 Å². The van der Waals surface area contributed by atoms with Gasteiger partial charge in [0.1, 0.15) is 23.9 Å². The lowest BCUT2D eigenvalue weighted by Gasteiger charge is -2.07. The van der Waals surface area contributed by atoms with Crippen molar-refractivity contribution in [3.05, 3.63) is 72.7 Å². The van der Waals surface area contributed by atoms with E-state index in [1.54, 1.807) is 35.5 Å². The molecule has 0 unspecified atom stereocenters. The number of hydrogen-bond acceptors (Lipinski definition) is 7. The second-order valence-electron chi connectivity index (χ2n) is 5.72. The Bertz CT molecular complexity index is 1110. The van der Waals surface area contributed by atoms with Crippen molar-refractivity contribution in [2.24, 2.45) is 0 Å². The van der Waals surface area contributed by atoms with E-state index in [9.17, 15) is 0 Å². The molecule has 0 spiro atoms. The highest BCUT2D eigenvalue weighted by Crippen LogP contribution is 2.20. The lowest BCUT2D eigenvalue weighted by molar-refractivity contribution is 0.863. The van der Waals surface area contributed by atoms with Crippen LogP contribution in [0.25, 0.3) is 16.9 Å². The summed E-state index contributed by atoms with van der Waals surface area (Å²) >= 11 is 0. The Balaban J connectivity index is 1.53. The van der Waals surface area contributed by atoms with E-state index in [2.05, 4.69) is 30.4 Å². The molecule has 0 radical (unpaired) electrons. The first-order valence-corrected chi connectivity index (χ1v) is 8.16. The van der Waals surface area contributed by atoms with Gasteiger partial charge in [0.25, 0.3) is 0 Å². The van der Waals surface area contributed by atoms with Gasteiger partial charge in [-0.3, -0.25) is 0 Å². The smallest absolute Gasteiger partial charge is 0.227 e. The summed E-state index contributed by atoms with van der Waals surface area (Å²) in [5.41, 5.74) is 3.68. The highest BCUT2D eigenvalue weighted by atomic mass is 15.3. The van der Waals surface area contributed by atoms with Gasteiger partial charge >= 0.3 is 0 Å². The molecule has 0 saturated heterocycles. The summed E-state index contributed by atoms with van der Waals surface area (Å²) in [6.07, 6.45) is 4.98. The van der Waals surface area contributed by atoms with Crippen LogP contribution in [-0.2, 0) is 0 Å². The molecule has 0 atom stereocenters. The number of benzene rings is 1. The Morgan fingerprint density at radius 1 is 1.00 bits per heavy atom. The van der Waals surface area contributed by atoms with E-state index in [0.717, 1.165) is 28.5 Å². The zero-order chi connectivity index (χ0) is 18.6. The van der Waals surface area contributed by atoms with Crippen molar-refractivity contribution in [1.29, 1.82) is 5.26 Å². The van der Waals surface area contributed by atoms with Gasteiger partial charge in [0.05, 0.1) is 11.4 Å². The highest BCUT2D eigenvalue weighted by molar-refractivity contribution is 5.62. The first-order valence-electron chi connectivity index (χ1n) is 8.16. The van der Waals surface area contributed by atoms with E-state index in [1.165, 1.54) is 0 Å². The minimum atomic E-state index is 0.369. The minimum absolute atomic E-state index is 0.369. The van der Waals surface area contributed by atoms with E-state index >= 15 is 0 Å². The zero-order valence-corrected chi connectivity index (χ0v) is 14.4. The van der Waals surface area contributed by atoms with Gasteiger partial charge < -0.3 is 5.32 Å². The Kier molecular flexibility index (Phi) is 4.25. The molecule has 8 nitrogen and oxygen atoms in total. The molecule has 130 valence electrons. The number of nitriles is 1. The second kappa shape index (κ2) is 7.01. The number of hydrogen-bond donors (Lipinski definition) is 1. The zero-order valence-electron chi connectivity index (χ0n) is 14.4. The predicted octanol–water partition coefficient (Wildman–Crippen LogP) is 3.04. The topological polar surface area (TPSA) is 105 Å². The third kappa shape index (κ3) is 3.62. The molecule has 8 heteroatoms. The molecule has 0 bridgehead atoms. The highest BCUT2D eigenvalue weighted by Gasteiger charge is 2.05. The van der Waals surface area contributed by atoms with Gasteiger partial charge in [0, 0.05) is 23.6 Å². The van der Waals surface area contributed by atoms with Crippen molar-refractivity contribution >= 4 is 11.6 Å². The maximum absolute atomic E-state index is 8.84. The summed E-state index contributed by atoms with van der Waals surface area (Å²) < 4.78 is 1.72. The lowest BCUT2D eigenvalue weighted by Crippen LogP contribution is -1.99. The maximum atomic E-state index is 8.84. The summed E-state index contributed by atoms with van der Waals surface area (Å²) in [6, 6.07) is 15.0. The fourth-order valence-corrected chi connectivity index (χ4v) is 2.49. The molecule has 0 fully saturated rings. The van der Waals surface area contributed by atoms with Crippen molar-refractivity contribution in [2.45, 2.75) is 6.92 Å². The van der Waals surface area contributed by atoms with E-state index < -0.39 is 0 Å². The van der Waals surface area contributed by atoms with E-state index in [4.69, 9.17) is 5.26 Å². The lowest BCUT2D eigenvalue weighted by atomic mass is 10.2. The molecule has 0 aliphatic carbocycles. The van der Waals surface area contributed by atoms with Crippen LogP contribution in [0.15, 0.2) is 61.2 Å². The van der Waals surface area contributed by atoms with E-state index in [-0.39, 0.29) is 0 Å². The molecular formula is C19H14N8. The van der Waals surface area contributed by atoms with Gasteiger partial charge in [-0.2, -0.15) is 10.4 Å². The molecule has 0 saturated carbocycles. The van der Waals surface area contributed by atoms with Crippen LogP contribution in [-0.4, -0.2) is 29.7 Å². The monoisotopic (exact) mass is 354 g/mol. The summed E-state index contributed by atoms with van der Waals surface area (Å²) in [5, 5.41) is 16.3. The Morgan fingerprint density at radius 3 is 2.52 bits per heavy atom. The number of aryl methyl sites for hydroxylation is 1. The molecule has 0 amide bonds. The largest absolute Gasteiger partial charge is 0.324 e. The molecule has 3 aromatic heterocycles. The van der Waals surface area contributed by atoms with Gasteiger partial charge in [-0.1, -0.05) is 0 Å². The van der Waals surface area contributed by atoms with Crippen LogP contribution in [0.4, 0.5) is 11.6 Å². The molecule has 0 aliphatic rings. The van der Waals surface area contributed by atoms with Gasteiger partial charge in [0.2, 0.25) is 5.95 Å². The third-order valence-electron chi connectivity index (χ3n) is 3.82. The molecule has 4 rings (SSSR count). The van der Waals surface area contributed by atoms with Crippen molar-refractivity contribution in [3.63, 3.8) is 0 Å². The average Bonchev–Trinajstić information content (AvgIpc) is 3.15. The standard InChI is InChI=1S/C19H14N8/c1-13-23-12-27(26-13)17-6-4-15(5-7-17)24-19-21-9-8-18(25-19)14-2-3-16(10-20)22-11-14/h2-9,11-12H,1H3,(H,21,24,25). The van der Waals surface area contributed by atoms with Gasteiger partial charge in [-0.05, 0) is 49.4 Å². The molecule has 3 heterocycles. The number of rotatable bonds is 4. The molecule has 1 N–H and O–H groups in total. The average molecular weight is 354 g/mol. The van der Waals surface area contributed by atoms with Crippen LogP contribution in [0.2, 0.25) is 0 Å². The third-order valence-corrected chi connectivity index (χ3v) is 3.82. The van der Waals surface area contributed by atoms with Crippen LogP contribution in [0.1, 0.15) is 11.5 Å². The maximum Gasteiger partial charge on any atom is 0.227 e. The number of aromatic nitrogens is 6. The summed E-state index contributed by atoms with van der Waals surface area (Å²) in [7, 11) is 0. The summed E-state index contributed by atoms with van der Waals surface area (Å²) in [4.78, 5) is 17.0. The summed E-state index contributed by atoms with van der Waals surface area (Å²) in [6.45, 7) is 1.85. The molecular weight excluding hydrogens is 340 g/mol. The minimum Gasteiger partial charge on any atom is -0.324 e. The van der Waals surface area contributed by atoms with Gasteiger partial charge in [-0.25, -0.2) is 24.6 Å². The molecule has 27 heavy (non-hydrogen) atoms. The van der Waals surface area contributed by atoms with Crippen molar-refractivity contribution in [2.75, 3.05) is 5.32 Å². The molecule has 4 aromatic rings. The van der Waals surface area contributed by atoms with Crippen LogP contribution in [0.5, 0.6) is 0 Å². The summed E-state index contributed by atoms with van der Waals surface area (Å²) in [5.74, 6) is 1.20. The van der Waals surface area contributed by atoms with Crippen LogP contribution in [0.3, 0.4) is 0 Å². The van der Waals surface area contributed by atoms with E-state index in [1.807, 2.05) is 43.3 Å². The number of pyridine rings is 1. The van der Waals surface area contributed by atoms with Crippen molar-refractivity contribution in [1.82, 2.24) is 29.7 Å². The van der Waals surface area contributed by atoms with Gasteiger partial charge in [0.15, 0.2) is 0 Å². The first kappa shape index (κ1) is 16.4. The fraction of sp³-hybridized carbons (Fsp3) is 0.0526. The van der Waals surface area contributed by atoms with Gasteiger partial charge in [-0.15, -0.1) is 0 Å². The molecule has 0 aliphatic heterocycles. The number of nitrogens with zero attached hydrogens (tertiary/aromatic N) is 7. The van der Waals surface area contributed by atoms with Crippen molar-refractivity contribution < 1.29 is 0 Å². The number of nitrogens with one attached hydrogen (secondary N) is 1. The normalized spacial score (nSPS) is 10.4. The SMILES string of the molecule is Cc1ncn(-c2ccc(Nc3nccc(-c4ccc(C#N)nc4)n3)cc2)n1. The number of anilines is 2. The predicted molar refractivity (Wildman–Crippen MR) is 99.4 cm³/mol.